The number of hydrogen-bond acceptors (Lipinski definition) is 5. The summed E-state index contributed by atoms with van der Waals surface area (Å²) in [6.07, 6.45) is 1.10. The van der Waals surface area contributed by atoms with Crippen molar-refractivity contribution in [1.29, 1.82) is 0 Å². The Morgan fingerprint density at radius 2 is 2.00 bits per heavy atom. The van der Waals surface area contributed by atoms with Gasteiger partial charge in [-0.15, -0.1) is 0 Å². The van der Waals surface area contributed by atoms with Gasteiger partial charge in [0.15, 0.2) is 5.01 Å². The van der Waals surface area contributed by atoms with E-state index in [0.29, 0.717) is 5.56 Å². The van der Waals surface area contributed by atoms with Gasteiger partial charge in [-0.1, -0.05) is 30.3 Å². The van der Waals surface area contributed by atoms with Gasteiger partial charge in [0.05, 0.1) is 4.92 Å². The van der Waals surface area contributed by atoms with Crippen LogP contribution in [0.15, 0.2) is 36.5 Å². The van der Waals surface area contributed by atoms with E-state index in [0.717, 1.165) is 17.5 Å². The number of thiazole rings is 1. The molecule has 0 amide bonds. The van der Waals surface area contributed by atoms with Gasteiger partial charge < -0.3 is 0 Å². The number of rotatable bonds is 3. The van der Waals surface area contributed by atoms with Crippen molar-refractivity contribution in [3.05, 3.63) is 57.2 Å². The average Bonchev–Trinajstić information content (AvgIpc) is 2.78. The van der Waals surface area contributed by atoms with Crippen LogP contribution in [0.3, 0.4) is 0 Å². The lowest BCUT2D eigenvalue weighted by atomic mass is 10.1. The number of nitrogens with zero attached hydrogens (tertiary/aromatic N) is 2. The lowest BCUT2D eigenvalue weighted by Gasteiger charge is -1.94. The van der Waals surface area contributed by atoms with E-state index in [4.69, 9.17) is 0 Å². The largest absolute Gasteiger partial charge is 0.344 e. The van der Waals surface area contributed by atoms with E-state index in [-0.39, 0.29) is 15.8 Å². The van der Waals surface area contributed by atoms with Crippen molar-refractivity contribution in [1.82, 2.24) is 4.98 Å². The normalized spacial score (nSPS) is 10.0. The molecule has 0 unspecified atom stereocenters. The summed E-state index contributed by atoms with van der Waals surface area (Å²) in [5.74, 6) is -0.293. The van der Waals surface area contributed by atoms with Crippen molar-refractivity contribution in [3.8, 4) is 0 Å². The van der Waals surface area contributed by atoms with Gasteiger partial charge in [0.1, 0.15) is 6.20 Å². The predicted octanol–water partition coefficient (Wildman–Crippen LogP) is 2.28. The summed E-state index contributed by atoms with van der Waals surface area (Å²) in [7, 11) is 0. The molecule has 5 nitrogen and oxygen atoms in total. The minimum absolute atomic E-state index is 0.126. The third-order valence-electron chi connectivity index (χ3n) is 1.90. The third kappa shape index (κ3) is 1.96. The van der Waals surface area contributed by atoms with E-state index in [1.807, 2.05) is 0 Å². The first-order chi connectivity index (χ1) is 7.68. The topological polar surface area (TPSA) is 73.1 Å². The van der Waals surface area contributed by atoms with Crippen LogP contribution in [0.4, 0.5) is 5.00 Å². The summed E-state index contributed by atoms with van der Waals surface area (Å²) in [6, 6.07) is 8.55. The van der Waals surface area contributed by atoms with Crippen LogP contribution in [0.25, 0.3) is 0 Å². The van der Waals surface area contributed by atoms with Crippen molar-refractivity contribution in [2.75, 3.05) is 0 Å². The second-order valence-electron chi connectivity index (χ2n) is 2.96. The SMILES string of the molecule is O=C(c1ccccc1)c1ncc([N+](=O)[O-])s1. The van der Waals surface area contributed by atoms with Crippen LogP contribution < -0.4 is 0 Å². The summed E-state index contributed by atoms with van der Waals surface area (Å²) in [5, 5.41) is 10.4. The van der Waals surface area contributed by atoms with Gasteiger partial charge in [-0.3, -0.25) is 14.9 Å². The van der Waals surface area contributed by atoms with Gasteiger partial charge in [-0.25, -0.2) is 4.98 Å². The Kier molecular flexibility index (Phi) is 2.74. The van der Waals surface area contributed by atoms with Crippen molar-refractivity contribution in [3.63, 3.8) is 0 Å². The highest BCUT2D eigenvalue weighted by Crippen LogP contribution is 2.22. The van der Waals surface area contributed by atoms with Crippen molar-refractivity contribution in [2.24, 2.45) is 0 Å². The van der Waals surface area contributed by atoms with E-state index in [1.54, 1.807) is 30.3 Å². The monoisotopic (exact) mass is 234 g/mol. The lowest BCUT2D eigenvalue weighted by molar-refractivity contribution is -0.380. The van der Waals surface area contributed by atoms with E-state index in [1.165, 1.54) is 0 Å². The third-order valence-corrected chi connectivity index (χ3v) is 2.85. The minimum Gasteiger partial charge on any atom is -0.286 e. The Balaban J connectivity index is 2.31. The summed E-state index contributed by atoms with van der Waals surface area (Å²) >= 11 is 0.784. The molecule has 2 rings (SSSR count). The van der Waals surface area contributed by atoms with Crippen LogP contribution in [-0.2, 0) is 0 Å². The summed E-state index contributed by atoms with van der Waals surface area (Å²) in [6.45, 7) is 0. The summed E-state index contributed by atoms with van der Waals surface area (Å²) in [4.78, 5) is 25.4. The maximum Gasteiger partial charge on any atom is 0.344 e. The average molecular weight is 234 g/mol. The molecule has 1 heterocycles. The van der Waals surface area contributed by atoms with E-state index in [2.05, 4.69) is 4.98 Å². The minimum atomic E-state index is -0.556. The molecule has 0 atom stereocenters. The summed E-state index contributed by atoms with van der Waals surface area (Å²) in [5.41, 5.74) is 0.478. The molecule has 0 radical (unpaired) electrons. The molecule has 0 saturated carbocycles. The molecule has 16 heavy (non-hydrogen) atoms. The highest BCUT2D eigenvalue weighted by molar-refractivity contribution is 7.16. The van der Waals surface area contributed by atoms with Crippen molar-refractivity contribution in [2.45, 2.75) is 0 Å². The van der Waals surface area contributed by atoms with Crippen LogP contribution in [0.2, 0.25) is 0 Å². The standard InChI is InChI=1S/C10H6N2O3S/c13-9(7-4-2-1-3-5-7)10-11-6-8(16-10)12(14)15/h1-6H. The van der Waals surface area contributed by atoms with E-state index in [9.17, 15) is 14.9 Å². The highest BCUT2D eigenvalue weighted by Gasteiger charge is 2.17. The van der Waals surface area contributed by atoms with Crippen LogP contribution >= 0.6 is 11.3 Å². The second kappa shape index (κ2) is 4.19. The predicted molar refractivity (Wildman–Crippen MR) is 58.6 cm³/mol. The number of aromatic nitrogens is 1. The zero-order valence-corrected chi connectivity index (χ0v) is 8.81. The van der Waals surface area contributed by atoms with Gasteiger partial charge in [-0.2, -0.15) is 0 Å². The number of carbonyl (C=O) groups is 1. The number of nitro groups is 1. The van der Waals surface area contributed by atoms with Crippen molar-refractivity contribution >= 4 is 22.1 Å². The van der Waals surface area contributed by atoms with Gasteiger partial charge in [0.2, 0.25) is 5.78 Å². The molecule has 0 spiro atoms. The first-order valence-corrected chi connectivity index (χ1v) is 5.20. The molecule has 0 aliphatic rings. The number of carbonyl (C=O) groups excluding carboxylic acids is 1. The number of hydrogen-bond donors (Lipinski definition) is 0. The fraction of sp³-hybridized carbons (Fsp3) is 0. The quantitative estimate of drug-likeness (QED) is 0.464. The Bertz CT molecular complexity index is 536. The zero-order chi connectivity index (χ0) is 11.5. The number of benzene rings is 1. The van der Waals surface area contributed by atoms with Crippen LogP contribution in [0.1, 0.15) is 15.4 Å². The van der Waals surface area contributed by atoms with E-state index >= 15 is 0 Å². The number of ketones is 1. The molecule has 0 saturated heterocycles. The molecule has 1 aromatic heterocycles. The molecular formula is C10H6N2O3S. The van der Waals surface area contributed by atoms with E-state index < -0.39 is 4.92 Å². The molecule has 0 aliphatic carbocycles. The van der Waals surface area contributed by atoms with Crippen LogP contribution in [-0.4, -0.2) is 15.7 Å². The lowest BCUT2D eigenvalue weighted by Crippen LogP contribution is -1.99. The molecule has 2 aromatic rings. The maximum atomic E-state index is 11.8. The van der Waals surface area contributed by atoms with Gasteiger partial charge in [-0.05, 0) is 11.3 Å². The molecule has 6 heteroatoms. The fourth-order valence-electron chi connectivity index (χ4n) is 1.17. The van der Waals surface area contributed by atoms with Gasteiger partial charge in [0, 0.05) is 5.56 Å². The molecule has 80 valence electrons. The van der Waals surface area contributed by atoms with Gasteiger partial charge in [0.25, 0.3) is 0 Å². The molecular weight excluding hydrogens is 228 g/mol. The smallest absolute Gasteiger partial charge is 0.286 e. The zero-order valence-electron chi connectivity index (χ0n) is 7.99. The van der Waals surface area contributed by atoms with Crippen LogP contribution in [0, 0.1) is 10.1 Å². The maximum absolute atomic E-state index is 11.8. The fourth-order valence-corrected chi connectivity index (χ4v) is 1.86. The Labute approximate surface area is 94.5 Å². The molecule has 1 aromatic carbocycles. The second-order valence-corrected chi connectivity index (χ2v) is 3.97. The first-order valence-electron chi connectivity index (χ1n) is 4.38. The van der Waals surface area contributed by atoms with Crippen LogP contribution in [0.5, 0.6) is 0 Å². The first kappa shape index (κ1) is 10.4. The Morgan fingerprint density at radius 3 is 2.56 bits per heavy atom. The summed E-state index contributed by atoms with van der Waals surface area (Å²) < 4.78 is 0. The Morgan fingerprint density at radius 1 is 1.31 bits per heavy atom. The Hall–Kier alpha value is -2.08. The molecule has 0 N–H and O–H groups in total. The molecule has 0 fully saturated rings. The van der Waals surface area contributed by atoms with Gasteiger partial charge >= 0.3 is 5.00 Å². The molecule has 0 aliphatic heterocycles. The highest BCUT2D eigenvalue weighted by atomic mass is 32.1. The van der Waals surface area contributed by atoms with Crippen molar-refractivity contribution < 1.29 is 9.72 Å². The molecule has 0 bridgehead atoms.